The standard InChI is InChI=1S/C37H47N5O5S/c1-22(2)14-27-21-46-32-16-31(33-24(5)10-8-11-25(33)6)38-35(39-32)40-48(45)30-13-9-12-26(15-30)34(43)42(27)29-19-37(20-29)17-28(18-37)41(7)36(44)47-23(3)4/h8-13,15-16,22-23,27-29H,14,17-21H2,1-7H3,(H,38,39,40)/t27-,28?,29?,37?,48?/m1/s1. The van der Waals surface area contributed by atoms with Crippen LogP contribution in [-0.4, -0.2) is 73.9 Å². The van der Waals surface area contributed by atoms with E-state index in [0.717, 1.165) is 48.8 Å². The molecule has 2 saturated carbocycles. The van der Waals surface area contributed by atoms with Crippen molar-refractivity contribution in [2.24, 2.45) is 11.3 Å². The summed E-state index contributed by atoms with van der Waals surface area (Å²) >= 11 is 0. The lowest BCUT2D eigenvalue weighted by molar-refractivity contribution is -0.0985. The summed E-state index contributed by atoms with van der Waals surface area (Å²) in [6, 6.07) is 14.9. The van der Waals surface area contributed by atoms with Crippen molar-refractivity contribution in [3.8, 4) is 17.1 Å². The number of amides is 2. The molecule has 1 N–H and O–H groups in total. The third-order valence-corrected chi connectivity index (χ3v) is 11.0. The smallest absolute Gasteiger partial charge is 0.410 e. The summed E-state index contributed by atoms with van der Waals surface area (Å²) in [6.45, 7) is 12.4. The number of nitrogens with one attached hydrogen (secondary N) is 1. The average molecular weight is 674 g/mol. The van der Waals surface area contributed by atoms with Gasteiger partial charge in [-0.25, -0.2) is 14.0 Å². The lowest BCUT2D eigenvalue weighted by Crippen LogP contribution is -2.64. The van der Waals surface area contributed by atoms with Crippen molar-refractivity contribution in [3.63, 3.8) is 0 Å². The highest BCUT2D eigenvalue weighted by molar-refractivity contribution is 7.86. The van der Waals surface area contributed by atoms with E-state index in [9.17, 15) is 13.8 Å². The van der Waals surface area contributed by atoms with E-state index in [1.165, 1.54) is 0 Å². The van der Waals surface area contributed by atoms with Crippen LogP contribution in [0.25, 0.3) is 11.3 Å². The maximum absolute atomic E-state index is 14.5. The zero-order valence-corrected chi connectivity index (χ0v) is 29.8. The van der Waals surface area contributed by atoms with Crippen LogP contribution in [-0.2, 0) is 15.7 Å². The fraction of sp³-hybridized carbons (Fsp3) is 0.514. The molecule has 0 radical (unpaired) electrons. The third-order valence-electron chi connectivity index (χ3n) is 9.95. The molecule has 2 amide bonds. The highest BCUT2D eigenvalue weighted by Gasteiger charge is 2.57. The van der Waals surface area contributed by atoms with E-state index in [0.29, 0.717) is 28.0 Å². The van der Waals surface area contributed by atoms with Crippen molar-refractivity contribution >= 4 is 28.9 Å². The van der Waals surface area contributed by atoms with Crippen LogP contribution in [0.2, 0.25) is 0 Å². The van der Waals surface area contributed by atoms with E-state index in [2.05, 4.69) is 23.6 Å². The van der Waals surface area contributed by atoms with Crippen LogP contribution < -0.4 is 9.46 Å². The van der Waals surface area contributed by atoms with Crippen LogP contribution in [0.4, 0.5) is 10.7 Å². The van der Waals surface area contributed by atoms with Gasteiger partial charge in [0.2, 0.25) is 11.8 Å². The number of carbonyl (C=O) groups is 2. The van der Waals surface area contributed by atoms with Crippen molar-refractivity contribution in [2.75, 3.05) is 18.4 Å². The number of aromatic nitrogens is 2. The first kappa shape index (κ1) is 33.9. The predicted molar refractivity (Wildman–Crippen MR) is 186 cm³/mol. The summed E-state index contributed by atoms with van der Waals surface area (Å²) in [6.07, 6.45) is 3.80. The minimum Gasteiger partial charge on any atom is -0.475 e. The Balaban J connectivity index is 1.32. The second-order valence-electron chi connectivity index (χ2n) is 14.6. The Bertz CT molecular complexity index is 1690. The second-order valence-corrected chi connectivity index (χ2v) is 15.8. The summed E-state index contributed by atoms with van der Waals surface area (Å²) in [5.74, 6) is 0.764. The van der Waals surface area contributed by atoms with Gasteiger partial charge in [0.05, 0.1) is 22.7 Å². The summed E-state index contributed by atoms with van der Waals surface area (Å²) in [5, 5.41) is 0. The minimum absolute atomic E-state index is 0.0160. The van der Waals surface area contributed by atoms with Gasteiger partial charge in [-0.2, -0.15) is 4.98 Å². The zero-order valence-electron chi connectivity index (χ0n) is 29.0. The molecular weight excluding hydrogens is 627 g/mol. The van der Waals surface area contributed by atoms with Crippen LogP contribution >= 0.6 is 0 Å². The van der Waals surface area contributed by atoms with Crippen LogP contribution in [0.15, 0.2) is 53.4 Å². The quantitative estimate of drug-likeness (QED) is 0.302. The highest BCUT2D eigenvalue weighted by atomic mass is 32.2. The van der Waals surface area contributed by atoms with Gasteiger partial charge in [0.25, 0.3) is 5.91 Å². The van der Waals surface area contributed by atoms with Crippen LogP contribution in [0.5, 0.6) is 5.88 Å². The Labute approximate surface area is 286 Å². The van der Waals surface area contributed by atoms with Gasteiger partial charge in [-0.1, -0.05) is 38.1 Å². The van der Waals surface area contributed by atoms with Crippen LogP contribution in [0.1, 0.15) is 81.3 Å². The molecule has 4 bridgehead atoms. The molecule has 0 saturated heterocycles. The number of aryl methyl sites for hydroxylation is 2. The molecule has 11 heteroatoms. The van der Waals surface area contributed by atoms with Gasteiger partial charge in [-0.05, 0) is 100 Å². The Morgan fingerprint density at radius 3 is 2.42 bits per heavy atom. The van der Waals surface area contributed by atoms with E-state index in [1.54, 1.807) is 29.2 Å². The molecule has 2 fully saturated rings. The minimum atomic E-state index is -1.72. The van der Waals surface area contributed by atoms with Gasteiger partial charge in [-0.15, -0.1) is 0 Å². The summed E-state index contributed by atoms with van der Waals surface area (Å²) in [4.78, 5) is 40.6. The predicted octanol–water partition coefficient (Wildman–Crippen LogP) is 6.93. The topological polar surface area (TPSA) is 114 Å². The Morgan fingerprint density at radius 1 is 1.06 bits per heavy atom. The molecule has 1 aliphatic heterocycles. The molecule has 2 aromatic carbocycles. The van der Waals surface area contributed by atoms with Crippen molar-refractivity contribution in [1.29, 1.82) is 0 Å². The maximum atomic E-state index is 14.5. The number of rotatable bonds is 6. The zero-order chi connectivity index (χ0) is 34.3. The molecule has 2 atom stereocenters. The van der Waals surface area contributed by atoms with E-state index >= 15 is 0 Å². The molecule has 1 unspecified atom stereocenters. The van der Waals surface area contributed by atoms with Gasteiger partial charge in [0.15, 0.2) is 11.0 Å². The maximum Gasteiger partial charge on any atom is 0.410 e. The fourth-order valence-electron chi connectivity index (χ4n) is 7.66. The van der Waals surface area contributed by atoms with E-state index in [1.807, 2.05) is 63.9 Å². The third kappa shape index (κ3) is 6.92. The molecule has 1 aromatic heterocycles. The van der Waals surface area contributed by atoms with Gasteiger partial charge < -0.3 is 19.3 Å². The lowest BCUT2D eigenvalue weighted by atomic mass is 9.51. The van der Waals surface area contributed by atoms with Crippen molar-refractivity contribution in [1.82, 2.24) is 19.8 Å². The summed E-state index contributed by atoms with van der Waals surface area (Å²) in [7, 11) is 0.0915. The van der Waals surface area contributed by atoms with Crippen molar-refractivity contribution in [3.05, 3.63) is 65.2 Å². The number of hydrogen-bond donors (Lipinski definition) is 1. The Morgan fingerprint density at radius 2 is 1.75 bits per heavy atom. The average Bonchev–Trinajstić information content (AvgIpc) is 2.98. The SMILES string of the molecule is Cc1cccc(C)c1-c1cc2nc(n1)NS(=O)c1cccc(c1)C(=O)N(C1CC3(CC(N(C)C(=O)OC(C)C)C3)C1)[C@H](CC(C)C)CO2. The lowest BCUT2D eigenvalue weighted by Gasteiger charge is -2.61. The number of benzene rings is 2. The first-order valence-corrected chi connectivity index (χ1v) is 18.1. The van der Waals surface area contributed by atoms with Gasteiger partial charge >= 0.3 is 6.09 Å². The number of fused-ring (bicyclic) bond motifs is 4. The van der Waals surface area contributed by atoms with E-state index in [-0.39, 0.29) is 54.2 Å². The largest absolute Gasteiger partial charge is 0.475 e. The summed E-state index contributed by atoms with van der Waals surface area (Å²) < 4.78 is 28.4. The first-order chi connectivity index (χ1) is 22.8. The van der Waals surface area contributed by atoms with Crippen molar-refractivity contribution < 1.29 is 23.3 Å². The number of anilines is 1. The van der Waals surface area contributed by atoms with Gasteiger partial charge in [0, 0.05) is 36.3 Å². The number of nitrogens with zero attached hydrogens (tertiary/aromatic N) is 4. The molecule has 10 nitrogen and oxygen atoms in total. The van der Waals surface area contributed by atoms with Gasteiger partial charge in [0.1, 0.15) is 6.61 Å². The highest BCUT2D eigenvalue weighted by Crippen LogP contribution is 2.59. The number of hydrogen-bond acceptors (Lipinski definition) is 7. The molecule has 3 aromatic rings. The second kappa shape index (κ2) is 13.5. The van der Waals surface area contributed by atoms with Crippen molar-refractivity contribution in [2.45, 2.75) is 103 Å². The molecule has 1 spiro atoms. The molecule has 2 heterocycles. The molecule has 2 aliphatic carbocycles. The molecule has 48 heavy (non-hydrogen) atoms. The summed E-state index contributed by atoms with van der Waals surface area (Å²) in [5.41, 5.74) is 4.36. The monoisotopic (exact) mass is 673 g/mol. The normalized spacial score (nSPS) is 25.2. The molecule has 3 aliphatic rings. The van der Waals surface area contributed by atoms with Gasteiger partial charge in [-0.3, -0.25) is 9.52 Å². The van der Waals surface area contributed by atoms with E-state index < -0.39 is 11.0 Å². The Hall–Kier alpha value is -3.99. The number of ether oxygens (including phenoxy) is 2. The first-order valence-electron chi connectivity index (χ1n) is 17.0. The number of carbonyl (C=O) groups excluding carboxylic acids is 2. The van der Waals surface area contributed by atoms with Crippen LogP contribution in [0.3, 0.4) is 0 Å². The molecule has 256 valence electrons. The van der Waals surface area contributed by atoms with Crippen LogP contribution in [0, 0.1) is 25.2 Å². The molecule has 6 rings (SSSR count). The van der Waals surface area contributed by atoms with E-state index in [4.69, 9.17) is 14.5 Å². The Kier molecular flexibility index (Phi) is 9.53. The molecular formula is C37H47N5O5S. The fourth-order valence-corrected chi connectivity index (χ4v) is 8.47.